The normalized spacial score (nSPS) is 11.7. The SMILES string of the molecule is CC(C)(C)c1ccc(-c2nnc(SCc3ccc(F)cc3)o2)cc1. The Bertz CT molecular complexity index is 805. The monoisotopic (exact) mass is 342 g/mol. The lowest BCUT2D eigenvalue weighted by molar-refractivity contribution is 0.465. The molecule has 0 atom stereocenters. The maximum Gasteiger partial charge on any atom is 0.277 e. The molecular weight excluding hydrogens is 323 g/mol. The molecule has 124 valence electrons. The van der Waals surface area contributed by atoms with Crippen molar-refractivity contribution in [3.05, 3.63) is 65.5 Å². The summed E-state index contributed by atoms with van der Waals surface area (Å²) in [6, 6.07) is 14.6. The van der Waals surface area contributed by atoms with Gasteiger partial charge in [0.1, 0.15) is 5.82 Å². The van der Waals surface area contributed by atoms with Crippen LogP contribution in [0.3, 0.4) is 0 Å². The predicted molar refractivity (Wildman–Crippen MR) is 94.4 cm³/mol. The molecule has 1 heterocycles. The average molecular weight is 342 g/mol. The van der Waals surface area contributed by atoms with Crippen LogP contribution in [0.1, 0.15) is 31.9 Å². The van der Waals surface area contributed by atoms with Crippen LogP contribution in [0.2, 0.25) is 0 Å². The van der Waals surface area contributed by atoms with E-state index in [1.807, 2.05) is 12.1 Å². The Morgan fingerprint density at radius 3 is 2.25 bits per heavy atom. The lowest BCUT2D eigenvalue weighted by Gasteiger charge is -2.18. The van der Waals surface area contributed by atoms with E-state index >= 15 is 0 Å². The van der Waals surface area contributed by atoms with Crippen molar-refractivity contribution < 1.29 is 8.81 Å². The quantitative estimate of drug-likeness (QED) is 0.590. The Balaban J connectivity index is 1.68. The Kier molecular flexibility index (Phi) is 4.71. The van der Waals surface area contributed by atoms with Gasteiger partial charge in [0, 0.05) is 11.3 Å². The van der Waals surface area contributed by atoms with Crippen LogP contribution in [0.15, 0.2) is 58.2 Å². The van der Waals surface area contributed by atoms with Gasteiger partial charge in [0.05, 0.1) is 0 Å². The van der Waals surface area contributed by atoms with Gasteiger partial charge in [-0.1, -0.05) is 56.8 Å². The zero-order chi connectivity index (χ0) is 17.2. The van der Waals surface area contributed by atoms with Gasteiger partial charge in [-0.05, 0) is 40.8 Å². The molecule has 0 unspecified atom stereocenters. The molecule has 0 aliphatic carbocycles. The van der Waals surface area contributed by atoms with Crippen LogP contribution in [0, 0.1) is 5.82 Å². The van der Waals surface area contributed by atoms with Gasteiger partial charge in [0.25, 0.3) is 5.22 Å². The van der Waals surface area contributed by atoms with Crippen molar-refractivity contribution in [3.8, 4) is 11.5 Å². The predicted octanol–water partition coefficient (Wildman–Crippen LogP) is 5.47. The van der Waals surface area contributed by atoms with Crippen molar-refractivity contribution in [3.63, 3.8) is 0 Å². The van der Waals surface area contributed by atoms with Gasteiger partial charge in [0.15, 0.2) is 0 Å². The van der Waals surface area contributed by atoms with Crippen LogP contribution in [-0.4, -0.2) is 10.2 Å². The smallest absolute Gasteiger partial charge is 0.277 e. The van der Waals surface area contributed by atoms with Crippen molar-refractivity contribution in [1.82, 2.24) is 10.2 Å². The van der Waals surface area contributed by atoms with Gasteiger partial charge < -0.3 is 4.42 Å². The lowest BCUT2D eigenvalue weighted by Crippen LogP contribution is -2.10. The van der Waals surface area contributed by atoms with E-state index in [4.69, 9.17) is 4.42 Å². The molecule has 0 bridgehead atoms. The second kappa shape index (κ2) is 6.77. The van der Waals surface area contributed by atoms with Crippen LogP contribution in [0.4, 0.5) is 4.39 Å². The first kappa shape index (κ1) is 16.7. The minimum atomic E-state index is -0.234. The molecule has 0 aliphatic rings. The number of aromatic nitrogens is 2. The molecule has 0 saturated carbocycles. The van der Waals surface area contributed by atoms with Gasteiger partial charge in [-0.15, -0.1) is 10.2 Å². The summed E-state index contributed by atoms with van der Waals surface area (Å²) in [5, 5.41) is 8.68. The third kappa shape index (κ3) is 4.03. The number of benzene rings is 2. The van der Waals surface area contributed by atoms with E-state index in [9.17, 15) is 4.39 Å². The van der Waals surface area contributed by atoms with Crippen molar-refractivity contribution in [2.75, 3.05) is 0 Å². The zero-order valence-electron chi connectivity index (χ0n) is 13.9. The summed E-state index contributed by atoms with van der Waals surface area (Å²) in [6.07, 6.45) is 0. The van der Waals surface area contributed by atoms with Crippen molar-refractivity contribution in [2.24, 2.45) is 0 Å². The fourth-order valence-corrected chi connectivity index (χ4v) is 2.94. The number of nitrogens with zero attached hydrogens (tertiary/aromatic N) is 2. The number of thioether (sulfide) groups is 1. The molecule has 3 nitrogen and oxygen atoms in total. The lowest BCUT2D eigenvalue weighted by atomic mass is 9.87. The fourth-order valence-electron chi connectivity index (χ4n) is 2.22. The maximum absolute atomic E-state index is 12.9. The van der Waals surface area contributed by atoms with Gasteiger partial charge in [-0.25, -0.2) is 4.39 Å². The molecule has 0 spiro atoms. The van der Waals surface area contributed by atoms with E-state index in [0.29, 0.717) is 16.9 Å². The molecule has 0 fully saturated rings. The molecule has 0 saturated heterocycles. The summed E-state index contributed by atoms with van der Waals surface area (Å²) in [4.78, 5) is 0. The molecule has 0 N–H and O–H groups in total. The minimum absolute atomic E-state index is 0.115. The Labute approximate surface area is 145 Å². The third-order valence-corrected chi connectivity index (χ3v) is 4.57. The first-order valence-electron chi connectivity index (χ1n) is 7.73. The molecule has 3 rings (SSSR count). The van der Waals surface area contributed by atoms with Crippen LogP contribution in [0.5, 0.6) is 0 Å². The van der Waals surface area contributed by atoms with E-state index in [0.717, 1.165) is 11.1 Å². The highest BCUT2D eigenvalue weighted by Gasteiger charge is 2.15. The summed E-state index contributed by atoms with van der Waals surface area (Å²) in [5.74, 6) is 0.935. The van der Waals surface area contributed by atoms with E-state index in [1.165, 1.54) is 29.5 Å². The maximum atomic E-state index is 12.9. The fraction of sp³-hybridized carbons (Fsp3) is 0.263. The minimum Gasteiger partial charge on any atom is -0.411 e. The zero-order valence-corrected chi connectivity index (χ0v) is 14.7. The second-order valence-electron chi connectivity index (χ2n) is 6.62. The molecule has 2 aromatic carbocycles. The van der Waals surface area contributed by atoms with Crippen LogP contribution in [0.25, 0.3) is 11.5 Å². The number of hydrogen-bond donors (Lipinski definition) is 0. The van der Waals surface area contributed by atoms with Gasteiger partial charge in [0.2, 0.25) is 5.89 Å². The largest absolute Gasteiger partial charge is 0.411 e. The summed E-state index contributed by atoms with van der Waals surface area (Å²) >= 11 is 1.44. The highest BCUT2D eigenvalue weighted by Crippen LogP contribution is 2.28. The highest BCUT2D eigenvalue weighted by molar-refractivity contribution is 7.98. The van der Waals surface area contributed by atoms with Crippen molar-refractivity contribution in [2.45, 2.75) is 37.2 Å². The third-order valence-electron chi connectivity index (χ3n) is 3.68. The van der Waals surface area contributed by atoms with Crippen LogP contribution in [-0.2, 0) is 11.2 Å². The highest BCUT2D eigenvalue weighted by atomic mass is 32.2. The van der Waals surface area contributed by atoms with Crippen LogP contribution >= 0.6 is 11.8 Å². The number of halogens is 1. The second-order valence-corrected chi connectivity index (χ2v) is 7.54. The molecule has 3 aromatic rings. The van der Waals surface area contributed by atoms with Gasteiger partial charge >= 0.3 is 0 Å². The first-order chi connectivity index (χ1) is 11.4. The average Bonchev–Trinajstić information content (AvgIpc) is 3.03. The molecule has 0 aliphatic heterocycles. The molecular formula is C19H19FN2OS. The van der Waals surface area contributed by atoms with Crippen molar-refractivity contribution in [1.29, 1.82) is 0 Å². The van der Waals surface area contributed by atoms with E-state index in [-0.39, 0.29) is 11.2 Å². The summed E-state index contributed by atoms with van der Waals surface area (Å²) < 4.78 is 18.6. The van der Waals surface area contributed by atoms with Crippen molar-refractivity contribution >= 4 is 11.8 Å². The molecule has 24 heavy (non-hydrogen) atoms. The summed E-state index contributed by atoms with van der Waals surface area (Å²) in [6.45, 7) is 6.54. The van der Waals surface area contributed by atoms with Crippen LogP contribution < -0.4 is 0 Å². The van der Waals surface area contributed by atoms with Gasteiger partial charge in [-0.3, -0.25) is 0 Å². The van der Waals surface area contributed by atoms with Gasteiger partial charge in [-0.2, -0.15) is 0 Å². The van der Waals surface area contributed by atoms with E-state index < -0.39 is 0 Å². The first-order valence-corrected chi connectivity index (χ1v) is 8.72. The molecule has 5 heteroatoms. The standard InChI is InChI=1S/C19H19FN2OS/c1-19(2,3)15-8-6-14(7-9-15)17-21-22-18(23-17)24-12-13-4-10-16(20)11-5-13/h4-11H,12H2,1-3H3. The Hall–Kier alpha value is -2.14. The summed E-state index contributed by atoms with van der Waals surface area (Å²) in [7, 11) is 0. The van der Waals surface area contributed by atoms with E-state index in [2.05, 4.69) is 43.1 Å². The molecule has 1 aromatic heterocycles. The molecule has 0 radical (unpaired) electrons. The molecule has 0 amide bonds. The number of hydrogen-bond acceptors (Lipinski definition) is 4. The Morgan fingerprint density at radius 1 is 0.958 bits per heavy atom. The topological polar surface area (TPSA) is 38.9 Å². The summed E-state index contributed by atoms with van der Waals surface area (Å²) in [5.41, 5.74) is 3.29. The van der Waals surface area contributed by atoms with E-state index in [1.54, 1.807) is 12.1 Å². The Morgan fingerprint density at radius 2 is 1.62 bits per heavy atom. The number of rotatable bonds is 4.